The normalized spacial score (nSPS) is 19.2. The van der Waals surface area contributed by atoms with Gasteiger partial charge < -0.3 is 0 Å². The third-order valence-electron chi connectivity index (χ3n) is 6.68. The van der Waals surface area contributed by atoms with Gasteiger partial charge in [0.2, 0.25) is 0 Å². The average molecular weight is 399 g/mol. The number of hydrogen-bond acceptors (Lipinski definition) is 2. The SMILES string of the molecule is CCCCCCCCCCCC1CCC(c2ccc(C(=O)CC(C)=O)cc2)CC1. The predicted octanol–water partition coefficient (Wildman–Crippen LogP) is 8.04. The van der Waals surface area contributed by atoms with Crippen LogP contribution in [-0.2, 0) is 4.79 Å². The van der Waals surface area contributed by atoms with Gasteiger partial charge >= 0.3 is 0 Å². The highest BCUT2D eigenvalue weighted by molar-refractivity contribution is 6.07. The Morgan fingerprint density at radius 1 is 0.793 bits per heavy atom. The molecule has 1 aliphatic rings. The van der Waals surface area contributed by atoms with Gasteiger partial charge in [0.1, 0.15) is 5.78 Å². The lowest BCUT2D eigenvalue weighted by molar-refractivity contribution is -0.116. The first-order valence-corrected chi connectivity index (χ1v) is 12.2. The molecule has 0 aliphatic heterocycles. The van der Waals surface area contributed by atoms with Crippen LogP contribution in [0.15, 0.2) is 24.3 Å². The van der Waals surface area contributed by atoms with Crippen molar-refractivity contribution in [3.63, 3.8) is 0 Å². The van der Waals surface area contributed by atoms with Crippen LogP contribution in [0, 0.1) is 5.92 Å². The van der Waals surface area contributed by atoms with E-state index in [1.165, 1.54) is 102 Å². The second-order valence-corrected chi connectivity index (χ2v) is 9.26. The fourth-order valence-electron chi connectivity index (χ4n) is 4.80. The highest BCUT2D eigenvalue weighted by atomic mass is 16.1. The van der Waals surface area contributed by atoms with Crippen LogP contribution in [0.1, 0.15) is 132 Å². The van der Waals surface area contributed by atoms with Crippen molar-refractivity contribution in [1.29, 1.82) is 0 Å². The Morgan fingerprint density at radius 3 is 1.90 bits per heavy atom. The number of unbranched alkanes of at least 4 members (excludes halogenated alkanes) is 8. The van der Waals surface area contributed by atoms with Gasteiger partial charge in [0, 0.05) is 5.56 Å². The summed E-state index contributed by atoms with van der Waals surface area (Å²) in [6.45, 7) is 3.75. The van der Waals surface area contributed by atoms with Crippen LogP contribution in [-0.4, -0.2) is 11.6 Å². The highest BCUT2D eigenvalue weighted by Gasteiger charge is 2.22. The zero-order valence-electron chi connectivity index (χ0n) is 18.9. The van der Waals surface area contributed by atoms with Crippen molar-refractivity contribution in [2.24, 2.45) is 5.92 Å². The maximum atomic E-state index is 12.0. The van der Waals surface area contributed by atoms with Crippen molar-refractivity contribution in [1.82, 2.24) is 0 Å². The van der Waals surface area contributed by atoms with Crippen molar-refractivity contribution in [3.05, 3.63) is 35.4 Å². The lowest BCUT2D eigenvalue weighted by Gasteiger charge is -2.29. The van der Waals surface area contributed by atoms with Crippen LogP contribution in [0.5, 0.6) is 0 Å². The summed E-state index contributed by atoms with van der Waals surface area (Å²) in [5.41, 5.74) is 2.04. The highest BCUT2D eigenvalue weighted by Crippen LogP contribution is 2.37. The van der Waals surface area contributed by atoms with Crippen LogP contribution < -0.4 is 0 Å². The molecule has 1 aromatic rings. The molecule has 1 aromatic carbocycles. The Morgan fingerprint density at radius 2 is 1.34 bits per heavy atom. The van der Waals surface area contributed by atoms with E-state index in [1.54, 1.807) is 0 Å². The Bertz CT molecular complexity index is 593. The Labute approximate surface area is 178 Å². The van der Waals surface area contributed by atoms with Crippen LogP contribution >= 0.6 is 0 Å². The lowest BCUT2D eigenvalue weighted by atomic mass is 9.77. The zero-order chi connectivity index (χ0) is 20.9. The standard InChI is InChI=1S/C27H42O2/c1-3-4-5-6-7-8-9-10-11-12-23-13-15-24(16-14-23)25-17-19-26(20-18-25)27(29)21-22(2)28/h17-20,23-24H,3-16,21H2,1-2H3. The minimum absolute atomic E-state index is 0.0172. The Hall–Kier alpha value is -1.44. The van der Waals surface area contributed by atoms with E-state index in [4.69, 9.17) is 0 Å². The van der Waals surface area contributed by atoms with Gasteiger partial charge in [-0.15, -0.1) is 0 Å². The molecule has 0 bridgehead atoms. The van der Waals surface area contributed by atoms with Crippen molar-refractivity contribution in [2.45, 2.75) is 116 Å². The van der Waals surface area contributed by atoms with Crippen LogP contribution in [0.3, 0.4) is 0 Å². The molecule has 2 rings (SSSR count). The summed E-state index contributed by atoms with van der Waals surface area (Å²) >= 11 is 0. The van der Waals surface area contributed by atoms with Gasteiger partial charge in [0.05, 0.1) is 6.42 Å². The molecule has 1 saturated carbocycles. The topological polar surface area (TPSA) is 34.1 Å². The second kappa shape index (κ2) is 13.7. The minimum atomic E-state index is -0.0654. The molecular formula is C27H42O2. The van der Waals surface area contributed by atoms with Gasteiger partial charge in [0.15, 0.2) is 5.78 Å². The molecule has 0 aromatic heterocycles. The summed E-state index contributed by atoms with van der Waals surface area (Å²) in [6, 6.07) is 8.04. The predicted molar refractivity (Wildman–Crippen MR) is 123 cm³/mol. The molecule has 0 spiro atoms. The molecule has 162 valence electrons. The summed E-state index contributed by atoms with van der Waals surface area (Å²) in [5.74, 6) is 1.44. The van der Waals surface area contributed by atoms with Gasteiger partial charge in [-0.2, -0.15) is 0 Å². The molecule has 0 radical (unpaired) electrons. The number of rotatable bonds is 14. The monoisotopic (exact) mass is 398 g/mol. The quantitative estimate of drug-likeness (QED) is 0.180. The zero-order valence-corrected chi connectivity index (χ0v) is 18.9. The maximum Gasteiger partial charge on any atom is 0.170 e. The summed E-state index contributed by atoms with van der Waals surface area (Å²) in [5, 5.41) is 0. The minimum Gasteiger partial charge on any atom is -0.300 e. The van der Waals surface area contributed by atoms with E-state index < -0.39 is 0 Å². The van der Waals surface area contributed by atoms with Gasteiger partial charge in [-0.05, 0) is 50.0 Å². The maximum absolute atomic E-state index is 12.0. The summed E-state index contributed by atoms with van der Waals surface area (Å²) in [6.07, 6.45) is 19.4. The molecule has 0 atom stereocenters. The largest absolute Gasteiger partial charge is 0.300 e. The third kappa shape index (κ3) is 9.28. The van der Waals surface area contributed by atoms with Crippen molar-refractivity contribution in [3.8, 4) is 0 Å². The van der Waals surface area contributed by atoms with E-state index in [0.29, 0.717) is 11.5 Å². The van der Waals surface area contributed by atoms with Crippen LogP contribution in [0.2, 0.25) is 0 Å². The molecule has 29 heavy (non-hydrogen) atoms. The summed E-state index contributed by atoms with van der Waals surface area (Å²) < 4.78 is 0. The fourth-order valence-corrected chi connectivity index (χ4v) is 4.80. The average Bonchev–Trinajstić information content (AvgIpc) is 2.73. The molecule has 0 heterocycles. The van der Waals surface area contributed by atoms with Crippen molar-refractivity contribution < 1.29 is 9.59 Å². The number of hydrogen-bond donors (Lipinski definition) is 0. The molecule has 2 nitrogen and oxygen atoms in total. The molecule has 0 unspecified atom stereocenters. The molecule has 1 aliphatic carbocycles. The van der Waals surface area contributed by atoms with E-state index in [2.05, 4.69) is 19.1 Å². The third-order valence-corrected chi connectivity index (χ3v) is 6.68. The molecular weight excluding hydrogens is 356 g/mol. The lowest BCUT2D eigenvalue weighted by Crippen LogP contribution is -2.13. The van der Waals surface area contributed by atoms with Gasteiger partial charge in [-0.25, -0.2) is 0 Å². The first-order chi connectivity index (χ1) is 14.1. The van der Waals surface area contributed by atoms with Crippen LogP contribution in [0.4, 0.5) is 0 Å². The van der Waals surface area contributed by atoms with E-state index in [-0.39, 0.29) is 18.0 Å². The van der Waals surface area contributed by atoms with Crippen molar-refractivity contribution >= 4 is 11.6 Å². The first kappa shape index (κ1) is 23.8. The van der Waals surface area contributed by atoms with Gasteiger partial charge in [-0.3, -0.25) is 9.59 Å². The van der Waals surface area contributed by atoms with Gasteiger partial charge in [-0.1, -0.05) is 95.4 Å². The molecule has 0 saturated heterocycles. The number of ketones is 2. The molecule has 0 amide bonds. The summed E-state index contributed by atoms with van der Waals surface area (Å²) in [7, 11) is 0. The van der Waals surface area contributed by atoms with E-state index >= 15 is 0 Å². The number of benzene rings is 1. The smallest absolute Gasteiger partial charge is 0.170 e. The van der Waals surface area contributed by atoms with E-state index in [0.717, 1.165) is 5.92 Å². The van der Waals surface area contributed by atoms with Gasteiger partial charge in [0.25, 0.3) is 0 Å². The molecule has 1 fully saturated rings. The Kier molecular flexibility index (Phi) is 11.3. The number of carbonyl (C=O) groups is 2. The number of carbonyl (C=O) groups excluding carboxylic acids is 2. The fraction of sp³-hybridized carbons (Fsp3) is 0.704. The summed E-state index contributed by atoms with van der Waals surface area (Å²) in [4.78, 5) is 23.1. The van der Waals surface area contributed by atoms with Crippen LogP contribution in [0.25, 0.3) is 0 Å². The molecule has 0 N–H and O–H groups in total. The second-order valence-electron chi connectivity index (χ2n) is 9.26. The number of Topliss-reactive ketones (excluding diaryl/α,β-unsaturated/α-hetero) is 2. The van der Waals surface area contributed by atoms with E-state index in [1.807, 2.05) is 12.1 Å². The Balaban J connectivity index is 1.59. The first-order valence-electron chi connectivity index (χ1n) is 12.2. The van der Waals surface area contributed by atoms with E-state index in [9.17, 15) is 9.59 Å². The molecule has 2 heteroatoms. The van der Waals surface area contributed by atoms with Crippen molar-refractivity contribution in [2.75, 3.05) is 0 Å².